The first-order valence-corrected chi connectivity index (χ1v) is 11.1. The number of anilines is 1. The molecule has 24 heavy (non-hydrogen) atoms. The Balaban J connectivity index is 1.49. The number of sulfonamides is 1. The summed E-state index contributed by atoms with van der Waals surface area (Å²) >= 11 is 7.63. The molecule has 1 aliphatic rings. The Morgan fingerprint density at radius 2 is 2.04 bits per heavy atom. The van der Waals surface area contributed by atoms with Crippen molar-refractivity contribution in [1.82, 2.24) is 9.71 Å². The molecule has 8 heteroatoms. The van der Waals surface area contributed by atoms with E-state index in [1.54, 1.807) is 18.3 Å². The van der Waals surface area contributed by atoms with Crippen molar-refractivity contribution in [2.45, 2.75) is 38.6 Å². The van der Waals surface area contributed by atoms with Crippen LogP contribution in [0.1, 0.15) is 32.6 Å². The minimum atomic E-state index is -3.09. The number of halogens is 1. The summed E-state index contributed by atoms with van der Waals surface area (Å²) in [5, 5.41) is 5.04. The van der Waals surface area contributed by atoms with Crippen LogP contribution in [0.5, 0.6) is 0 Å². The second-order valence-electron chi connectivity index (χ2n) is 6.25. The first-order chi connectivity index (χ1) is 11.4. The van der Waals surface area contributed by atoms with Gasteiger partial charge in [-0.25, -0.2) is 18.1 Å². The van der Waals surface area contributed by atoms with E-state index in [1.165, 1.54) is 0 Å². The molecule has 0 amide bonds. The van der Waals surface area contributed by atoms with Crippen LogP contribution in [0, 0.1) is 5.92 Å². The molecular formula is C16H22ClN3O2S2. The number of benzene rings is 1. The average Bonchev–Trinajstić information content (AvgIpc) is 2.96. The van der Waals surface area contributed by atoms with Crippen LogP contribution in [-0.2, 0) is 10.0 Å². The van der Waals surface area contributed by atoms with Gasteiger partial charge in [0.25, 0.3) is 0 Å². The number of nitrogens with zero attached hydrogens (tertiary/aromatic N) is 1. The van der Waals surface area contributed by atoms with Crippen LogP contribution >= 0.6 is 22.9 Å². The van der Waals surface area contributed by atoms with Crippen molar-refractivity contribution in [3.8, 4) is 0 Å². The smallest absolute Gasteiger partial charge is 0.211 e. The average molecular weight is 388 g/mol. The van der Waals surface area contributed by atoms with Gasteiger partial charge in [-0.2, -0.15) is 0 Å². The van der Waals surface area contributed by atoms with Crippen LogP contribution < -0.4 is 10.0 Å². The van der Waals surface area contributed by atoms with Gasteiger partial charge in [-0.1, -0.05) is 22.9 Å². The van der Waals surface area contributed by atoms with E-state index in [4.69, 9.17) is 11.6 Å². The zero-order valence-corrected chi connectivity index (χ0v) is 16.0. The van der Waals surface area contributed by atoms with Crippen molar-refractivity contribution in [3.63, 3.8) is 0 Å². The maximum absolute atomic E-state index is 11.6. The molecular weight excluding hydrogens is 366 g/mol. The third-order valence-corrected chi connectivity index (χ3v) is 7.15. The SMILES string of the molecule is CCS(=O)(=O)N[C@H]1CC[C@H](CNc2nc3cc(Cl)ccc3s2)CC1. The summed E-state index contributed by atoms with van der Waals surface area (Å²) in [6, 6.07) is 5.84. The molecule has 0 unspecified atom stereocenters. The Hall–Kier alpha value is -0.890. The third-order valence-electron chi connectivity index (χ3n) is 4.46. The number of thiazole rings is 1. The van der Waals surface area contributed by atoms with Gasteiger partial charge in [0.15, 0.2) is 5.13 Å². The van der Waals surface area contributed by atoms with Crippen LogP contribution in [0.3, 0.4) is 0 Å². The predicted molar refractivity (Wildman–Crippen MR) is 101 cm³/mol. The van der Waals surface area contributed by atoms with Crippen molar-refractivity contribution in [1.29, 1.82) is 0 Å². The fraction of sp³-hybridized carbons (Fsp3) is 0.562. The molecule has 0 aliphatic heterocycles. The molecule has 2 aromatic rings. The fourth-order valence-corrected chi connectivity index (χ4v) is 4.96. The molecule has 5 nitrogen and oxygen atoms in total. The highest BCUT2D eigenvalue weighted by atomic mass is 35.5. The van der Waals surface area contributed by atoms with Gasteiger partial charge in [0.05, 0.1) is 16.0 Å². The van der Waals surface area contributed by atoms with Crippen LogP contribution in [0.15, 0.2) is 18.2 Å². The monoisotopic (exact) mass is 387 g/mol. The van der Waals surface area contributed by atoms with Gasteiger partial charge in [0.1, 0.15) is 0 Å². The highest BCUT2D eigenvalue weighted by Crippen LogP contribution is 2.30. The Morgan fingerprint density at radius 3 is 2.75 bits per heavy atom. The minimum absolute atomic E-state index is 0.0933. The molecule has 0 spiro atoms. The molecule has 1 aromatic carbocycles. The van der Waals surface area contributed by atoms with Crippen molar-refractivity contribution >= 4 is 48.3 Å². The van der Waals surface area contributed by atoms with E-state index in [0.717, 1.165) is 47.6 Å². The molecule has 0 saturated heterocycles. The van der Waals surface area contributed by atoms with Gasteiger partial charge in [-0.15, -0.1) is 0 Å². The first-order valence-electron chi connectivity index (χ1n) is 8.25. The second-order valence-corrected chi connectivity index (χ2v) is 9.76. The lowest BCUT2D eigenvalue weighted by atomic mass is 9.86. The lowest BCUT2D eigenvalue weighted by Crippen LogP contribution is -2.39. The number of aromatic nitrogens is 1. The van der Waals surface area contributed by atoms with Gasteiger partial charge in [0, 0.05) is 17.6 Å². The molecule has 1 aromatic heterocycles. The zero-order valence-electron chi connectivity index (χ0n) is 13.6. The van der Waals surface area contributed by atoms with Gasteiger partial charge in [-0.3, -0.25) is 0 Å². The number of nitrogens with one attached hydrogen (secondary N) is 2. The van der Waals surface area contributed by atoms with Gasteiger partial charge < -0.3 is 5.32 Å². The van der Waals surface area contributed by atoms with Crippen molar-refractivity contribution < 1.29 is 8.42 Å². The number of hydrogen-bond acceptors (Lipinski definition) is 5. The molecule has 1 aliphatic carbocycles. The summed E-state index contributed by atoms with van der Waals surface area (Å²) in [4.78, 5) is 4.56. The van der Waals surface area contributed by atoms with E-state index in [-0.39, 0.29) is 11.8 Å². The van der Waals surface area contributed by atoms with E-state index in [0.29, 0.717) is 10.9 Å². The van der Waals surface area contributed by atoms with E-state index in [1.807, 2.05) is 18.2 Å². The Morgan fingerprint density at radius 1 is 1.29 bits per heavy atom. The summed E-state index contributed by atoms with van der Waals surface area (Å²) in [7, 11) is -3.09. The third kappa shape index (κ3) is 4.59. The second kappa shape index (κ2) is 7.56. The van der Waals surface area contributed by atoms with Crippen LogP contribution in [0.4, 0.5) is 5.13 Å². The molecule has 0 radical (unpaired) electrons. The molecule has 0 atom stereocenters. The van der Waals surface area contributed by atoms with E-state index < -0.39 is 10.0 Å². The molecule has 1 heterocycles. The zero-order chi connectivity index (χ0) is 17.2. The molecule has 3 rings (SSSR count). The van der Waals surface area contributed by atoms with Crippen molar-refractivity contribution in [2.75, 3.05) is 17.6 Å². The number of hydrogen-bond donors (Lipinski definition) is 2. The minimum Gasteiger partial charge on any atom is -0.361 e. The normalized spacial score (nSPS) is 21.9. The fourth-order valence-electron chi connectivity index (χ4n) is 3.03. The molecule has 1 saturated carbocycles. The van der Waals surface area contributed by atoms with Gasteiger partial charge in [-0.05, 0) is 56.7 Å². The predicted octanol–water partition coefficient (Wildman–Crippen LogP) is 3.86. The maximum Gasteiger partial charge on any atom is 0.211 e. The van der Waals surface area contributed by atoms with E-state index in [2.05, 4.69) is 15.0 Å². The molecule has 0 bridgehead atoms. The quantitative estimate of drug-likeness (QED) is 0.789. The summed E-state index contributed by atoms with van der Waals surface area (Å²) in [6.07, 6.45) is 3.86. The largest absolute Gasteiger partial charge is 0.361 e. The number of fused-ring (bicyclic) bond motifs is 1. The topological polar surface area (TPSA) is 71.1 Å². The molecule has 1 fully saturated rings. The Labute approximate surface area is 151 Å². The van der Waals surface area contributed by atoms with E-state index >= 15 is 0 Å². The summed E-state index contributed by atoms with van der Waals surface area (Å²) in [5.74, 6) is 0.707. The van der Waals surface area contributed by atoms with Crippen LogP contribution in [0.2, 0.25) is 5.02 Å². The standard InChI is InChI=1S/C16H22ClN3O2S2/c1-2-24(21,22)20-13-6-3-11(4-7-13)10-18-16-19-14-9-12(17)5-8-15(14)23-16/h5,8-9,11,13,20H,2-4,6-7,10H2,1H3,(H,18,19)/t11-,13-. The molecule has 2 N–H and O–H groups in total. The Kier molecular flexibility index (Phi) is 5.64. The summed E-state index contributed by atoms with van der Waals surface area (Å²) in [5.41, 5.74) is 0.924. The first kappa shape index (κ1) is 17.9. The summed E-state index contributed by atoms with van der Waals surface area (Å²) in [6.45, 7) is 2.55. The lowest BCUT2D eigenvalue weighted by molar-refractivity contribution is 0.324. The van der Waals surface area contributed by atoms with Crippen LogP contribution in [0.25, 0.3) is 10.2 Å². The van der Waals surface area contributed by atoms with Gasteiger partial charge in [0.2, 0.25) is 10.0 Å². The van der Waals surface area contributed by atoms with Crippen LogP contribution in [-0.4, -0.2) is 31.7 Å². The van der Waals surface area contributed by atoms with Crippen molar-refractivity contribution in [3.05, 3.63) is 23.2 Å². The Bertz CT molecular complexity index is 799. The van der Waals surface area contributed by atoms with Crippen molar-refractivity contribution in [2.24, 2.45) is 5.92 Å². The maximum atomic E-state index is 11.6. The lowest BCUT2D eigenvalue weighted by Gasteiger charge is -2.28. The summed E-state index contributed by atoms with van der Waals surface area (Å²) < 4.78 is 27.2. The highest BCUT2D eigenvalue weighted by molar-refractivity contribution is 7.89. The molecule has 132 valence electrons. The van der Waals surface area contributed by atoms with E-state index in [9.17, 15) is 8.42 Å². The highest BCUT2D eigenvalue weighted by Gasteiger charge is 2.24. The van der Waals surface area contributed by atoms with Gasteiger partial charge >= 0.3 is 0 Å². The number of rotatable bonds is 6.